The highest BCUT2D eigenvalue weighted by Gasteiger charge is 1.77. The minimum atomic E-state index is 0.875. The van der Waals surface area contributed by atoms with Gasteiger partial charge in [0.15, 0.2) is 0 Å². The van der Waals surface area contributed by atoms with Crippen LogP contribution in [0.2, 0.25) is 0 Å². The van der Waals surface area contributed by atoms with Crippen molar-refractivity contribution in [1.82, 2.24) is 0 Å². The average Bonchev–Trinajstić information content (AvgIpc) is 1.35. The Morgan fingerprint density at radius 2 is 2.50 bits per heavy atom. The summed E-state index contributed by atoms with van der Waals surface area (Å²) in [6.07, 6.45) is 3.54. The number of thioether (sulfide) groups is 1. The predicted octanol–water partition coefficient (Wildman–Crippen LogP) is 1.90. The third-order valence-electron chi connectivity index (χ3n) is 0.306. The Kier molecular flexibility index (Phi) is 2.95. The van der Waals surface area contributed by atoms with Crippen LogP contribution in [0.3, 0.4) is 0 Å². The summed E-state index contributed by atoms with van der Waals surface area (Å²) in [5.41, 5.74) is 0.940. The van der Waals surface area contributed by atoms with Crippen molar-refractivity contribution in [3.63, 3.8) is 0 Å². The Labute approximate surface area is 43.6 Å². The summed E-state index contributed by atoms with van der Waals surface area (Å²) in [5, 5.41) is 0. The lowest BCUT2D eigenvalue weighted by molar-refractivity contribution is 1.60. The highest BCUT2D eigenvalue weighted by Crippen LogP contribution is 1.99. The first-order chi connectivity index (χ1) is 2.77. The first-order valence-electron chi connectivity index (χ1n) is 1.64. The maximum Gasteiger partial charge on any atom is 0.128 e. The third-order valence-corrected chi connectivity index (χ3v) is 0.919. The van der Waals surface area contributed by atoms with Crippen LogP contribution in [0, 0.1) is 13.2 Å². The summed E-state index contributed by atoms with van der Waals surface area (Å²) in [5.74, 6) is 0.875. The molecule has 34 valence electrons. The summed E-state index contributed by atoms with van der Waals surface area (Å²) in [4.78, 5) is 0. The zero-order valence-electron chi connectivity index (χ0n) is 3.74. The summed E-state index contributed by atoms with van der Waals surface area (Å²) < 4.78 is 0. The van der Waals surface area contributed by atoms with Crippen LogP contribution < -0.4 is 0 Å². The number of rotatable bonds is 2. The fourth-order valence-corrected chi connectivity index (χ4v) is 0.433. The summed E-state index contributed by atoms with van der Waals surface area (Å²) >= 11 is 1.50. The molecule has 0 N–H and O–H groups in total. The van der Waals surface area contributed by atoms with Crippen molar-refractivity contribution in [3.05, 3.63) is 25.3 Å². The van der Waals surface area contributed by atoms with Crippen LogP contribution in [-0.2, 0) is 0 Å². The van der Waals surface area contributed by atoms with E-state index in [1.165, 1.54) is 11.8 Å². The lowest BCUT2D eigenvalue weighted by Gasteiger charge is -1.90. The van der Waals surface area contributed by atoms with E-state index in [0.29, 0.717) is 0 Å². The molecule has 0 amide bonds. The van der Waals surface area contributed by atoms with Crippen molar-refractivity contribution >= 4 is 11.8 Å². The van der Waals surface area contributed by atoms with Crippen LogP contribution in [0.25, 0.3) is 0 Å². The molecular formula is C5H8S. The summed E-state index contributed by atoms with van der Waals surface area (Å²) in [6, 6.07) is 0. The molecule has 0 aliphatic heterocycles. The van der Waals surface area contributed by atoms with E-state index in [1.807, 2.05) is 0 Å². The lowest BCUT2D eigenvalue weighted by atomic mass is 10.4. The van der Waals surface area contributed by atoms with Gasteiger partial charge in [0.2, 0.25) is 0 Å². The largest absolute Gasteiger partial charge is 0.241 e. The summed E-state index contributed by atoms with van der Waals surface area (Å²) in [7, 11) is 0. The first-order valence-corrected chi connectivity index (χ1v) is 2.79. The van der Waals surface area contributed by atoms with Crippen molar-refractivity contribution < 1.29 is 0 Å². The molecule has 0 aliphatic carbocycles. The van der Waals surface area contributed by atoms with Crippen molar-refractivity contribution in [2.24, 2.45) is 0 Å². The molecule has 0 heterocycles. The second kappa shape index (κ2) is 3.04. The van der Waals surface area contributed by atoms with Gasteiger partial charge < -0.3 is 0 Å². The van der Waals surface area contributed by atoms with E-state index < -0.39 is 0 Å². The highest BCUT2D eigenvalue weighted by atomic mass is 32.2. The molecule has 1 heteroatoms. The van der Waals surface area contributed by atoms with E-state index in [2.05, 4.69) is 19.8 Å². The highest BCUT2D eigenvalue weighted by molar-refractivity contribution is 8.00. The van der Waals surface area contributed by atoms with Crippen molar-refractivity contribution in [2.75, 3.05) is 5.75 Å². The number of hydrogen-bond acceptors (Lipinski definition) is 1. The quantitative estimate of drug-likeness (QED) is 0.477. The molecule has 0 aromatic rings. The van der Waals surface area contributed by atoms with Gasteiger partial charge in [-0.05, 0) is 0 Å². The fourth-order valence-electron chi connectivity index (χ4n) is 0.144. The standard InChI is InChI=1S/C5H8S/c1-5(2)4-6-3/h1-4H2. The molecule has 0 spiro atoms. The van der Waals surface area contributed by atoms with Gasteiger partial charge in [-0.15, -0.1) is 0 Å². The van der Waals surface area contributed by atoms with Crippen LogP contribution in [0.4, 0.5) is 0 Å². The van der Waals surface area contributed by atoms with Gasteiger partial charge in [-0.2, -0.15) is 0 Å². The van der Waals surface area contributed by atoms with Gasteiger partial charge in [0.05, 0.1) is 11.8 Å². The van der Waals surface area contributed by atoms with Crippen LogP contribution >= 0.6 is 11.8 Å². The second-order valence-electron chi connectivity index (χ2n) is 1.10. The zero-order valence-corrected chi connectivity index (χ0v) is 4.55. The third kappa shape index (κ3) is 3.83. The van der Waals surface area contributed by atoms with Crippen molar-refractivity contribution in [3.8, 4) is 0 Å². The molecule has 0 saturated heterocycles. The summed E-state index contributed by atoms with van der Waals surface area (Å²) in [6.45, 7) is 7.15. The first kappa shape index (κ1) is 5.83. The van der Waals surface area contributed by atoms with Crippen LogP contribution in [0.5, 0.6) is 0 Å². The molecule has 0 aromatic heterocycles. The van der Waals surface area contributed by atoms with E-state index in [9.17, 15) is 0 Å². The smallest absolute Gasteiger partial charge is 0.128 e. The number of hydrogen-bond donors (Lipinski definition) is 0. The molecule has 0 nitrogen and oxygen atoms in total. The monoisotopic (exact) mass is 100 g/mol. The predicted molar refractivity (Wildman–Crippen MR) is 32.3 cm³/mol. The molecular weight excluding hydrogens is 92.1 g/mol. The minimum absolute atomic E-state index is 0.875. The average molecular weight is 100 g/mol. The van der Waals surface area contributed by atoms with Crippen molar-refractivity contribution in [2.45, 2.75) is 0 Å². The normalized spacial score (nSPS) is 8.00. The van der Waals surface area contributed by atoms with Gasteiger partial charge in [0.1, 0.15) is 6.26 Å². The van der Waals surface area contributed by atoms with Gasteiger partial charge in [-0.25, -0.2) is 19.1 Å². The topological polar surface area (TPSA) is 0 Å². The Balaban J connectivity index is 2.83. The molecule has 0 radical (unpaired) electrons. The van der Waals surface area contributed by atoms with Crippen molar-refractivity contribution in [1.29, 1.82) is 0 Å². The lowest BCUT2D eigenvalue weighted by Crippen LogP contribution is -1.71. The van der Waals surface area contributed by atoms with Gasteiger partial charge in [0.25, 0.3) is 0 Å². The molecule has 0 saturated carbocycles. The second-order valence-corrected chi connectivity index (χ2v) is 1.80. The molecule has 0 aliphatic rings. The molecule has 0 rings (SSSR count). The van der Waals surface area contributed by atoms with Gasteiger partial charge in [-0.1, -0.05) is 0 Å². The molecule has 6 heavy (non-hydrogen) atoms. The van der Waals surface area contributed by atoms with E-state index >= 15 is 0 Å². The van der Waals surface area contributed by atoms with Gasteiger partial charge in [-0.3, -0.25) is 0 Å². The Morgan fingerprint density at radius 3 is 2.50 bits per heavy atom. The maximum absolute atomic E-state index is 3.57. The van der Waals surface area contributed by atoms with E-state index in [1.54, 1.807) is 0 Å². The van der Waals surface area contributed by atoms with Crippen LogP contribution in [-0.4, -0.2) is 5.75 Å². The SMILES string of the molecule is C=C([CH2-])CS[CH2+]. The van der Waals surface area contributed by atoms with Crippen LogP contribution in [0.15, 0.2) is 12.2 Å². The van der Waals surface area contributed by atoms with Gasteiger partial charge in [0, 0.05) is 5.75 Å². The van der Waals surface area contributed by atoms with Crippen LogP contribution in [0.1, 0.15) is 0 Å². The molecule has 0 unspecified atom stereocenters. The molecule has 0 aromatic carbocycles. The molecule has 0 fully saturated rings. The van der Waals surface area contributed by atoms with E-state index in [4.69, 9.17) is 0 Å². The molecule has 0 bridgehead atoms. The van der Waals surface area contributed by atoms with E-state index in [0.717, 1.165) is 11.3 Å². The maximum atomic E-state index is 3.57. The van der Waals surface area contributed by atoms with E-state index in [-0.39, 0.29) is 0 Å². The molecule has 0 atom stereocenters. The Morgan fingerprint density at radius 1 is 2.00 bits per heavy atom. The fraction of sp³-hybridized carbons (Fsp3) is 0.200. The van der Waals surface area contributed by atoms with Gasteiger partial charge >= 0.3 is 0 Å². The zero-order chi connectivity index (χ0) is 4.99. The Hall–Kier alpha value is -0.170. The Bertz CT molecular complexity index is 47.9. The minimum Gasteiger partial charge on any atom is -0.241 e.